The van der Waals surface area contributed by atoms with Gasteiger partial charge < -0.3 is 10.1 Å². The molecule has 1 saturated heterocycles. The van der Waals surface area contributed by atoms with Gasteiger partial charge in [-0.15, -0.1) is 0 Å². The van der Waals surface area contributed by atoms with Gasteiger partial charge in [-0.3, -0.25) is 9.48 Å². The Kier molecular flexibility index (Phi) is 5.23. The molecule has 1 N–H and O–H groups in total. The molecule has 25 heavy (non-hydrogen) atoms. The SMILES string of the molecule is Cc1ccc([C@H]2OCCC[C@@H]2CNC(=O)c2c(C)nn(C)c2C)cc1. The number of carbonyl (C=O) groups is 1. The lowest BCUT2D eigenvalue weighted by Gasteiger charge is -2.32. The van der Waals surface area contributed by atoms with Crippen LogP contribution in [-0.4, -0.2) is 28.8 Å². The Balaban J connectivity index is 1.69. The van der Waals surface area contributed by atoms with Gasteiger partial charge in [-0.2, -0.15) is 5.10 Å². The van der Waals surface area contributed by atoms with Gasteiger partial charge in [0, 0.05) is 31.8 Å². The summed E-state index contributed by atoms with van der Waals surface area (Å²) in [5.41, 5.74) is 4.79. The molecule has 2 heterocycles. The first kappa shape index (κ1) is 17.7. The maximum atomic E-state index is 12.6. The molecule has 0 spiro atoms. The van der Waals surface area contributed by atoms with Crippen LogP contribution in [-0.2, 0) is 11.8 Å². The Morgan fingerprint density at radius 2 is 2.00 bits per heavy atom. The van der Waals surface area contributed by atoms with E-state index in [1.807, 2.05) is 20.9 Å². The summed E-state index contributed by atoms with van der Waals surface area (Å²) in [7, 11) is 1.86. The van der Waals surface area contributed by atoms with Crippen molar-refractivity contribution in [3.05, 3.63) is 52.3 Å². The van der Waals surface area contributed by atoms with E-state index in [0.717, 1.165) is 30.8 Å². The van der Waals surface area contributed by atoms with Gasteiger partial charge in [-0.1, -0.05) is 29.8 Å². The zero-order chi connectivity index (χ0) is 18.0. The quantitative estimate of drug-likeness (QED) is 0.929. The van der Waals surface area contributed by atoms with Crippen LogP contribution in [0.1, 0.15) is 51.8 Å². The monoisotopic (exact) mass is 341 g/mol. The molecular formula is C20H27N3O2. The van der Waals surface area contributed by atoms with Gasteiger partial charge in [0.2, 0.25) is 0 Å². The third-order valence-electron chi connectivity index (χ3n) is 5.11. The highest BCUT2D eigenvalue weighted by Gasteiger charge is 2.28. The summed E-state index contributed by atoms with van der Waals surface area (Å²) in [6, 6.07) is 8.50. The van der Waals surface area contributed by atoms with Gasteiger partial charge in [-0.05, 0) is 39.2 Å². The van der Waals surface area contributed by atoms with Gasteiger partial charge in [0.25, 0.3) is 5.91 Å². The van der Waals surface area contributed by atoms with E-state index in [2.05, 4.69) is 41.6 Å². The Bertz CT molecular complexity index is 749. The summed E-state index contributed by atoms with van der Waals surface area (Å²) in [5.74, 6) is 0.244. The summed E-state index contributed by atoms with van der Waals surface area (Å²) in [4.78, 5) is 12.6. The van der Waals surface area contributed by atoms with Crippen LogP contribution in [0, 0.1) is 26.7 Å². The Morgan fingerprint density at radius 3 is 2.64 bits per heavy atom. The van der Waals surface area contributed by atoms with Crippen LogP contribution < -0.4 is 5.32 Å². The van der Waals surface area contributed by atoms with Gasteiger partial charge in [0.05, 0.1) is 17.4 Å². The number of benzene rings is 1. The van der Waals surface area contributed by atoms with Crippen molar-refractivity contribution in [3.8, 4) is 0 Å². The molecule has 5 heteroatoms. The third-order valence-corrected chi connectivity index (χ3v) is 5.11. The van der Waals surface area contributed by atoms with Crippen LogP contribution >= 0.6 is 0 Å². The lowest BCUT2D eigenvalue weighted by Crippen LogP contribution is -2.35. The molecule has 0 radical (unpaired) electrons. The van der Waals surface area contributed by atoms with E-state index in [0.29, 0.717) is 12.1 Å². The van der Waals surface area contributed by atoms with E-state index in [4.69, 9.17) is 4.74 Å². The standard InChI is InChI=1S/C20H27N3O2/c1-13-7-9-16(10-8-13)19-17(6-5-11-25-19)12-21-20(24)18-14(2)22-23(4)15(18)3/h7-10,17,19H,5-6,11-12H2,1-4H3,(H,21,24)/t17-,19-/m1/s1. The van der Waals surface area contributed by atoms with Crippen molar-refractivity contribution in [3.63, 3.8) is 0 Å². The van der Waals surface area contributed by atoms with Crippen LogP contribution in [0.4, 0.5) is 0 Å². The van der Waals surface area contributed by atoms with Gasteiger partial charge in [0.15, 0.2) is 0 Å². The smallest absolute Gasteiger partial charge is 0.255 e. The molecule has 1 aromatic carbocycles. The number of rotatable bonds is 4. The van der Waals surface area contributed by atoms with Crippen molar-refractivity contribution in [1.29, 1.82) is 0 Å². The van der Waals surface area contributed by atoms with Crippen LogP contribution in [0.15, 0.2) is 24.3 Å². The molecule has 0 bridgehead atoms. The number of amides is 1. The van der Waals surface area contributed by atoms with E-state index in [1.54, 1.807) is 4.68 Å². The van der Waals surface area contributed by atoms with Gasteiger partial charge >= 0.3 is 0 Å². The molecule has 2 aromatic rings. The topological polar surface area (TPSA) is 56.1 Å². The average Bonchev–Trinajstić information content (AvgIpc) is 2.86. The number of nitrogens with zero attached hydrogens (tertiary/aromatic N) is 2. The molecule has 1 fully saturated rings. The second kappa shape index (κ2) is 7.40. The molecule has 1 aliphatic rings. The predicted octanol–water partition coefficient (Wildman–Crippen LogP) is 3.24. The van der Waals surface area contributed by atoms with Crippen molar-refractivity contribution < 1.29 is 9.53 Å². The lowest BCUT2D eigenvalue weighted by atomic mass is 9.89. The van der Waals surface area contributed by atoms with Crippen LogP contribution in [0.25, 0.3) is 0 Å². The number of aromatic nitrogens is 2. The summed E-state index contributed by atoms with van der Waals surface area (Å²) in [6.45, 7) is 7.28. The fourth-order valence-electron chi connectivity index (χ4n) is 3.59. The lowest BCUT2D eigenvalue weighted by molar-refractivity contribution is -0.0272. The summed E-state index contributed by atoms with van der Waals surface area (Å²) in [6.07, 6.45) is 2.14. The average molecular weight is 341 g/mol. The second-order valence-electron chi connectivity index (χ2n) is 6.98. The molecule has 0 unspecified atom stereocenters. The molecule has 0 saturated carbocycles. The molecule has 1 amide bonds. The number of carbonyl (C=O) groups excluding carboxylic acids is 1. The molecular weight excluding hydrogens is 314 g/mol. The van der Waals surface area contributed by atoms with Crippen molar-refractivity contribution >= 4 is 5.91 Å². The Hall–Kier alpha value is -2.14. The van der Waals surface area contributed by atoms with Crippen LogP contribution in [0.5, 0.6) is 0 Å². The minimum Gasteiger partial charge on any atom is -0.373 e. The summed E-state index contributed by atoms with van der Waals surface area (Å²) >= 11 is 0. The normalized spacial score (nSPS) is 20.5. The first-order chi connectivity index (χ1) is 12.0. The first-order valence-corrected chi connectivity index (χ1v) is 8.94. The minimum atomic E-state index is -0.0451. The highest BCUT2D eigenvalue weighted by Crippen LogP contribution is 2.33. The fourth-order valence-corrected chi connectivity index (χ4v) is 3.59. The second-order valence-corrected chi connectivity index (χ2v) is 6.98. The Labute approximate surface area is 149 Å². The van der Waals surface area contributed by atoms with E-state index < -0.39 is 0 Å². The van der Waals surface area contributed by atoms with Crippen molar-refractivity contribution in [2.75, 3.05) is 13.2 Å². The zero-order valence-electron chi connectivity index (χ0n) is 15.5. The van der Waals surface area contributed by atoms with E-state index in [9.17, 15) is 4.79 Å². The maximum Gasteiger partial charge on any atom is 0.255 e. The molecule has 3 rings (SSSR count). The van der Waals surface area contributed by atoms with E-state index in [1.165, 1.54) is 11.1 Å². The zero-order valence-corrected chi connectivity index (χ0v) is 15.5. The van der Waals surface area contributed by atoms with Crippen molar-refractivity contribution in [1.82, 2.24) is 15.1 Å². The van der Waals surface area contributed by atoms with Gasteiger partial charge in [0.1, 0.15) is 0 Å². The molecule has 0 aliphatic carbocycles. The van der Waals surface area contributed by atoms with E-state index in [-0.39, 0.29) is 17.9 Å². The summed E-state index contributed by atoms with van der Waals surface area (Å²) < 4.78 is 7.79. The third kappa shape index (κ3) is 3.76. The largest absolute Gasteiger partial charge is 0.373 e. The molecule has 1 aliphatic heterocycles. The fraction of sp³-hybridized carbons (Fsp3) is 0.500. The van der Waals surface area contributed by atoms with Crippen molar-refractivity contribution in [2.45, 2.75) is 39.7 Å². The highest BCUT2D eigenvalue weighted by molar-refractivity contribution is 5.96. The van der Waals surface area contributed by atoms with Crippen LogP contribution in [0.2, 0.25) is 0 Å². The number of hydrogen-bond donors (Lipinski definition) is 1. The highest BCUT2D eigenvalue weighted by atomic mass is 16.5. The Morgan fingerprint density at radius 1 is 1.28 bits per heavy atom. The molecule has 134 valence electrons. The maximum absolute atomic E-state index is 12.6. The van der Waals surface area contributed by atoms with E-state index >= 15 is 0 Å². The predicted molar refractivity (Wildman–Crippen MR) is 97.6 cm³/mol. The number of nitrogens with one attached hydrogen (secondary N) is 1. The van der Waals surface area contributed by atoms with Crippen LogP contribution in [0.3, 0.4) is 0 Å². The van der Waals surface area contributed by atoms with Gasteiger partial charge in [-0.25, -0.2) is 0 Å². The minimum absolute atomic E-state index is 0.0451. The number of hydrogen-bond acceptors (Lipinski definition) is 3. The first-order valence-electron chi connectivity index (χ1n) is 8.94. The number of ether oxygens (including phenoxy) is 1. The molecule has 5 nitrogen and oxygen atoms in total. The summed E-state index contributed by atoms with van der Waals surface area (Å²) in [5, 5.41) is 7.43. The number of aryl methyl sites for hydroxylation is 3. The molecule has 2 atom stereocenters. The molecule has 1 aromatic heterocycles. The van der Waals surface area contributed by atoms with Crippen molar-refractivity contribution in [2.24, 2.45) is 13.0 Å².